The normalized spacial score (nSPS) is 28.0. The zero-order chi connectivity index (χ0) is 93.6. The monoisotopic (exact) mass is 1840 g/mol. The first-order valence-electron chi connectivity index (χ1n) is 43.3. The molecule has 6 bridgehead atoms. The highest BCUT2D eigenvalue weighted by atomic mass is 35.5. The van der Waals surface area contributed by atoms with Crippen molar-refractivity contribution in [3.63, 3.8) is 0 Å². The molecular formula is C92H115Cl2N7O28. The van der Waals surface area contributed by atoms with Crippen LogP contribution in [0.2, 0.25) is 0 Å². The second-order valence-corrected chi connectivity index (χ2v) is 37.4. The predicted octanol–water partition coefficient (Wildman–Crippen LogP) is 5.79. The average molecular weight is 1840 g/mol. The summed E-state index contributed by atoms with van der Waals surface area (Å²) in [6.07, 6.45) is 2.47. The van der Waals surface area contributed by atoms with Crippen LogP contribution in [0.15, 0.2) is 102 Å². The number of nitrogens with two attached hydrogens (primary N) is 1. The number of benzene rings is 4. The Bertz CT molecular complexity index is 5100. The SMILES string of the molecule is CC(C)(C)OC(=O)O[C@H](C(=O)ON1C(=O)CCC1=O)c1ccccc1.CN1CC[C@]23c4c5ccc(CO)c4O[C@H]2C(OC(=O)CCN)=CC[C@@]3(O)[C@H]1C5.C[C@H](O)C(=O)NCCC(=O)OC1=CC[C@@]2(O)[C@H]3Cc4ccc(CO)c5c4[C@@]2(CCN3C)[C@H]1O5.C[C@H](OC(=O)OC(C)(C)C)C(=O)NCCC(=O)OC1=CC[C@@]2(O)[C@H]3Cc4ccc(CO)c5c4[C@@]2(CCN3C)[C@H]1O5.ClCCl. The van der Waals surface area contributed by atoms with Crippen LogP contribution in [0.5, 0.6) is 17.2 Å². The molecular weight excluding hydrogens is 1720 g/mol. The Morgan fingerprint density at radius 3 is 1.22 bits per heavy atom. The molecule has 35 nitrogen and oxygen atoms in total. The minimum absolute atomic E-state index is 0.0283. The Kier molecular flexibility index (Phi) is 28.6. The maximum absolute atomic E-state index is 12.9. The summed E-state index contributed by atoms with van der Waals surface area (Å²) in [5.41, 5.74) is 6.96. The van der Waals surface area contributed by atoms with Gasteiger partial charge in [0.15, 0.2) is 24.4 Å². The number of likely N-dealkylation sites (N-methyl/N-ethyl adjacent to an activating group) is 3. The topological polar surface area (TPSA) is 477 Å². The second-order valence-electron chi connectivity index (χ2n) is 36.6. The molecule has 4 saturated heterocycles. The van der Waals surface area contributed by atoms with E-state index in [0.29, 0.717) is 113 Å². The van der Waals surface area contributed by atoms with Crippen LogP contribution in [0.1, 0.15) is 188 Å². The van der Waals surface area contributed by atoms with Gasteiger partial charge in [-0.25, -0.2) is 14.4 Å². The molecule has 4 amide bonds. The average Bonchev–Trinajstić information content (AvgIpc) is 1.55. The molecule has 700 valence electrons. The zero-order valence-electron chi connectivity index (χ0n) is 74.1. The van der Waals surface area contributed by atoms with E-state index in [1.807, 2.05) is 50.5 Å². The van der Waals surface area contributed by atoms with E-state index >= 15 is 0 Å². The summed E-state index contributed by atoms with van der Waals surface area (Å²) < 4.78 is 56.5. The van der Waals surface area contributed by atoms with E-state index in [0.717, 1.165) is 59.4 Å². The lowest BCUT2D eigenvalue weighted by Crippen LogP contribution is -2.74. The second kappa shape index (κ2) is 38.1. The van der Waals surface area contributed by atoms with Gasteiger partial charge in [0.1, 0.15) is 51.8 Å². The predicted molar refractivity (Wildman–Crippen MR) is 458 cm³/mol. The van der Waals surface area contributed by atoms with Gasteiger partial charge in [-0.3, -0.25) is 33.6 Å². The number of rotatable bonds is 21. The molecule has 37 heteroatoms. The molecule has 129 heavy (non-hydrogen) atoms. The highest BCUT2D eigenvalue weighted by Crippen LogP contribution is 2.68. The van der Waals surface area contributed by atoms with Gasteiger partial charge in [-0.05, 0) is 170 Å². The van der Waals surface area contributed by atoms with Crippen molar-refractivity contribution < 1.29 is 136 Å². The minimum atomic E-state index is -1.47. The third-order valence-corrected chi connectivity index (χ3v) is 26.7. The van der Waals surface area contributed by atoms with Crippen molar-refractivity contribution in [2.24, 2.45) is 5.73 Å². The first-order valence-corrected chi connectivity index (χ1v) is 44.4. The lowest BCUT2D eigenvalue weighted by molar-refractivity contribution is -0.204. The van der Waals surface area contributed by atoms with Crippen LogP contribution < -0.4 is 30.6 Å². The Hall–Kier alpha value is -9.86. The van der Waals surface area contributed by atoms with Gasteiger partial charge in [-0.2, -0.15) is 0 Å². The number of likely N-dealkylation sites (tertiary alicyclic amines) is 3. The summed E-state index contributed by atoms with van der Waals surface area (Å²) in [6.45, 7) is 14.8. The number of carbonyl (C=O) groups is 10. The molecule has 3 spiro atoms. The standard InChI is InChI=1S/C29H38N2O9.C24H30N2O7.C21H26N2O5.C17H19NO7.CH2Cl2/c1-16(37-26(35)40-27(2,3)4)25(34)30-12-9-21(33)38-19-8-10-29(36)20-14-17-6-7-18(15-32)23-22(17)28(29,24(19)39-23)11-13-31(20)5;1-13(28)22(30)25-9-6-18(29)32-16-5-7-24(31)17-11-14-3-4-15(12-27)20-19(14)23(24,21(16)33-20)8-10-26(17)2;1-23-9-7-20-17-12-2-3-13(11-24)18(17)28-19(20)14(27-16(25)5-8-22)4-6-21(20,26)15(23)10-12;1-17(2,3)24-16(22)23-14(11-7-5-4-6-8-11)15(21)25-18-12(19)9-10-13(18)20;2-1-3/h6-8,16,20,24,32,36H,9-15H2,1-5H3,(H,30,34);3-5,13,17,21,27-28,31H,6-12H2,1-2H3,(H,25,30);2-4,15,19,24,26H,5-11,22H2,1H3;4-8,14H,9-10H2,1-3H3;1H2/t16-,20+,24-,28-,29+;13-,17+,21-,23-,24+;15-,19+,20+,21-;14-;/m0010./s1. The number of imide groups is 1. The number of alkyl halides is 2. The fourth-order valence-electron chi connectivity index (χ4n) is 20.9. The van der Waals surface area contributed by atoms with Gasteiger partial charge in [0.25, 0.3) is 17.7 Å². The Morgan fingerprint density at radius 1 is 0.527 bits per heavy atom. The van der Waals surface area contributed by atoms with Gasteiger partial charge in [0, 0.05) is 109 Å². The number of hydroxylamine groups is 2. The van der Waals surface area contributed by atoms with E-state index in [1.54, 1.807) is 90.1 Å². The number of esters is 3. The maximum atomic E-state index is 12.9. The number of amides is 4. The van der Waals surface area contributed by atoms with E-state index in [9.17, 15) is 83.7 Å². The highest BCUT2D eigenvalue weighted by molar-refractivity contribution is 6.40. The highest BCUT2D eigenvalue weighted by Gasteiger charge is 2.75. The van der Waals surface area contributed by atoms with Gasteiger partial charge in [-0.1, -0.05) is 66.7 Å². The van der Waals surface area contributed by atoms with Crippen molar-refractivity contribution in [2.75, 3.05) is 65.8 Å². The molecule has 13 aliphatic rings. The van der Waals surface area contributed by atoms with Crippen LogP contribution in [0.4, 0.5) is 9.59 Å². The van der Waals surface area contributed by atoms with Crippen LogP contribution in [-0.4, -0.2) is 258 Å². The molecule has 4 fully saturated rings. The van der Waals surface area contributed by atoms with Crippen molar-refractivity contribution in [3.8, 4) is 17.2 Å². The summed E-state index contributed by atoms with van der Waals surface area (Å²) in [5.74, 6) is -1.97. The molecule has 0 unspecified atom stereocenters. The largest absolute Gasteiger partial charge is 0.510 e. The lowest BCUT2D eigenvalue weighted by atomic mass is 9.50. The number of piperidine rings is 3. The number of ether oxygens (including phenoxy) is 10. The fraction of sp³-hybridized carbons (Fsp3) is 0.565. The zero-order valence-corrected chi connectivity index (χ0v) is 75.6. The smallest absolute Gasteiger partial charge is 0.481 e. The Balaban J connectivity index is 0.000000147. The van der Waals surface area contributed by atoms with Crippen molar-refractivity contribution in [1.29, 1.82) is 0 Å². The molecule has 15 atom stereocenters. The summed E-state index contributed by atoms with van der Waals surface area (Å²) in [7, 11) is 6.09. The van der Waals surface area contributed by atoms with Crippen LogP contribution in [0.25, 0.3) is 0 Å². The van der Waals surface area contributed by atoms with E-state index in [1.165, 1.54) is 13.8 Å². The van der Waals surface area contributed by atoms with Crippen molar-refractivity contribution in [3.05, 3.63) is 158 Å². The van der Waals surface area contributed by atoms with Crippen molar-refractivity contribution >= 4 is 83.0 Å². The summed E-state index contributed by atoms with van der Waals surface area (Å²) in [5, 5.41) is 81.0. The molecule has 7 heterocycles. The van der Waals surface area contributed by atoms with E-state index in [-0.39, 0.29) is 95.0 Å². The number of aliphatic hydroxyl groups is 7. The molecule has 4 aromatic rings. The van der Waals surface area contributed by atoms with Crippen LogP contribution in [0, 0.1) is 0 Å². The first-order chi connectivity index (χ1) is 61.1. The van der Waals surface area contributed by atoms with E-state index in [4.69, 9.17) is 81.1 Å². The quantitative estimate of drug-likeness (QED) is 0.0204. The molecule has 6 aliphatic carbocycles. The lowest BCUT2D eigenvalue weighted by Gasteiger charge is -2.61. The summed E-state index contributed by atoms with van der Waals surface area (Å²) in [4.78, 5) is 132. The van der Waals surface area contributed by atoms with Gasteiger partial charge in [-0.15, -0.1) is 28.3 Å². The maximum Gasteiger partial charge on any atom is 0.510 e. The molecule has 0 saturated carbocycles. The van der Waals surface area contributed by atoms with Crippen LogP contribution in [0.3, 0.4) is 0 Å². The molecule has 17 rings (SSSR count). The number of nitrogens with one attached hydrogen (secondary N) is 2. The summed E-state index contributed by atoms with van der Waals surface area (Å²) in [6, 6.07) is 19.5. The number of halogens is 2. The molecule has 11 N–H and O–H groups in total. The summed E-state index contributed by atoms with van der Waals surface area (Å²) >= 11 is 9.53. The number of aliphatic hydroxyl groups excluding tert-OH is 4. The molecule has 4 aromatic carbocycles. The third-order valence-electron chi connectivity index (χ3n) is 26.7. The van der Waals surface area contributed by atoms with Crippen molar-refractivity contribution in [2.45, 2.75) is 264 Å². The number of carbonyl (C=O) groups excluding carboxylic acids is 10. The number of hydrogen-bond donors (Lipinski definition) is 10. The molecule has 0 aromatic heterocycles. The minimum Gasteiger partial charge on any atom is -0.481 e. The van der Waals surface area contributed by atoms with E-state index < -0.39 is 141 Å². The van der Waals surface area contributed by atoms with Crippen molar-refractivity contribution in [1.82, 2.24) is 30.4 Å². The fourth-order valence-corrected chi connectivity index (χ4v) is 20.9. The van der Waals surface area contributed by atoms with Gasteiger partial charge < -0.3 is 119 Å². The third kappa shape index (κ3) is 17.9. The van der Waals surface area contributed by atoms with Gasteiger partial charge >= 0.3 is 36.2 Å². The first kappa shape index (κ1) is 96.7. The van der Waals surface area contributed by atoms with E-state index in [2.05, 4.69) is 32.4 Å². The number of hydrogen-bond acceptors (Lipinski definition) is 32. The van der Waals surface area contributed by atoms with Gasteiger partial charge in [0.2, 0.25) is 12.0 Å². The Labute approximate surface area is 756 Å². The number of nitrogens with zero attached hydrogens (tertiary/aromatic N) is 4. The molecule has 0 radical (unpaired) electrons. The Morgan fingerprint density at radius 2 is 0.876 bits per heavy atom. The van der Waals surface area contributed by atoms with Crippen LogP contribution in [-0.2, 0) is 132 Å². The molecule has 7 aliphatic heterocycles. The van der Waals surface area contributed by atoms with Gasteiger partial charge in [0.05, 0.1) is 77.5 Å². The van der Waals surface area contributed by atoms with Crippen LogP contribution >= 0.6 is 23.2 Å².